The number of nitro groups is 1. The Balaban J connectivity index is 1.94. The first-order chi connectivity index (χ1) is 12.4. The van der Waals surface area contributed by atoms with Gasteiger partial charge in [-0.3, -0.25) is 35.9 Å². The topological polar surface area (TPSA) is 123 Å². The maximum atomic E-state index is 12.2. The van der Waals surface area contributed by atoms with Gasteiger partial charge in [0.05, 0.1) is 17.6 Å². The predicted molar refractivity (Wildman–Crippen MR) is 96.8 cm³/mol. The number of benzene rings is 2. The number of carbonyl (C=O) groups is 2. The first kappa shape index (κ1) is 18.8. The third kappa shape index (κ3) is 4.74. The first-order valence-electron chi connectivity index (χ1n) is 7.21. The highest BCUT2D eigenvalue weighted by molar-refractivity contribution is 7.80. The van der Waals surface area contributed by atoms with Crippen LogP contribution in [0.1, 0.15) is 20.7 Å². The molecule has 0 saturated heterocycles. The van der Waals surface area contributed by atoms with Crippen molar-refractivity contribution in [3.8, 4) is 5.75 Å². The molecule has 0 aromatic heterocycles. The molecule has 0 heterocycles. The van der Waals surface area contributed by atoms with E-state index in [4.69, 9.17) is 17.0 Å². The van der Waals surface area contributed by atoms with Gasteiger partial charge < -0.3 is 4.74 Å². The Morgan fingerprint density at radius 2 is 1.81 bits per heavy atom. The first-order valence-corrected chi connectivity index (χ1v) is 7.62. The standard InChI is InChI=1S/C16H14N4O5S/c1-25-13-8-3-2-7-12(13)15(22)17-16(26)19-18-14(21)10-5-4-6-11(9-10)20(23)24/h2-9H,1H3,(H,18,21)(H2,17,19,22,26). The summed E-state index contributed by atoms with van der Waals surface area (Å²) in [6.45, 7) is 0. The van der Waals surface area contributed by atoms with Crippen LogP contribution in [0.4, 0.5) is 5.69 Å². The van der Waals surface area contributed by atoms with Crippen LogP contribution >= 0.6 is 12.2 Å². The molecule has 134 valence electrons. The van der Waals surface area contributed by atoms with Crippen LogP contribution in [0.2, 0.25) is 0 Å². The average Bonchev–Trinajstić information content (AvgIpc) is 2.66. The number of nitrogens with zero attached hydrogens (tertiary/aromatic N) is 1. The molecule has 0 fully saturated rings. The van der Waals surface area contributed by atoms with Crippen molar-refractivity contribution in [2.24, 2.45) is 0 Å². The Hall–Kier alpha value is -3.53. The van der Waals surface area contributed by atoms with Crippen molar-refractivity contribution in [1.29, 1.82) is 0 Å². The Morgan fingerprint density at radius 3 is 2.50 bits per heavy atom. The molecule has 2 aromatic carbocycles. The van der Waals surface area contributed by atoms with Gasteiger partial charge in [0.25, 0.3) is 17.5 Å². The quantitative estimate of drug-likeness (QED) is 0.421. The Kier molecular flexibility index (Phi) is 6.17. The number of hydrogen-bond acceptors (Lipinski definition) is 6. The van der Waals surface area contributed by atoms with E-state index in [1.165, 1.54) is 25.3 Å². The SMILES string of the molecule is COc1ccccc1C(=O)NC(=S)NNC(=O)c1cccc([N+](=O)[O-])c1. The van der Waals surface area contributed by atoms with Crippen LogP contribution in [0.3, 0.4) is 0 Å². The number of rotatable bonds is 4. The van der Waals surface area contributed by atoms with E-state index in [1.807, 2.05) is 0 Å². The molecule has 0 radical (unpaired) electrons. The second kappa shape index (κ2) is 8.53. The summed E-state index contributed by atoms with van der Waals surface area (Å²) < 4.78 is 5.09. The molecule has 0 aliphatic heterocycles. The van der Waals surface area contributed by atoms with Gasteiger partial charge >= 0.3 is 0 Å². The van der Waals surface area contributed by atoms with Crippen molar-refractivity contribution in [3.05, 3.63) is 69.8 Å². The van der Waals surface area contributed by atoms with Crippen LogP contribution in [0.25, 0.3) is 0 Å². The zero-order valence-corrected chi connectivity index (χ0v) is 14.3. The van der Waals surface area contributed by atoms with Crippen molar-refractivity contribution >= 4 is 34.8 Å². The van der Waals surface area contributed by atoms with E-state index in [0.717, 1.165) is 6.07 Å². The van der Waals surface area contributed by atoms with Crippen LogP contribution in [0.15, 0.2) is 48.5 Å². The highest BCUT2D eigenvalue weighted by Crippen LogP contribution is 2.16. The summed E-state index contributed by atoms with van der Waals surface area (Å²) in [6, 6.07) is 11.7. The van der Waals surface area contributed by atoms with Crippen molar-refractivity contribution in [2.75, 3.05) is 7.11 Å². The van der Waals surface area contributed by atoms with Gasteiger partial charge in [0, 0.05) is 17.7 Å². The van der Waals surface area contributed by atoms with E-state index in [1.54, 1.807) is 24.3 Å². The average molecular weight is 374 g/mol. The number of ether oxygens (including phenoxy) is 1. The van der Waals surface area contributed by atoms with E-state index in [0.29, 0.717) is 5.75 Å². The minimum atomic E-state index is -0.650. The van der Waals surface area contributed by atoms with Gasteiger partial charge in [-0.15, -0.1) is 0 Å². The normalized spacial score (nSPS) is 9.73. The number of nitrogens with one attached hydrogen (secondary N) is 3. The number of para-hydroxylation sites is 1. The zero-order chi connectivity index (χ0) is 19.1. The number of non-ortho nitro benzene ring substituents is 1. The van der Waals surface area contributed by atoms with Crippen molar-refractivity contribution in [1.82, 2.24) is 16.2 Å². The molecule has 0 atom stereocenters. The van der Waals surface area contributed by atoms with Crippen LogP contribution in [0.5, 0.6) is 5.75 Å². The molecule has 0 bridgehead atoms. The molecule has 0 aliphatic rings. The molecule has 3 N–H and O–H groups in total. The molecule has 0 unspecified atom stereocenters. The maximum Gasteiger partial charge on any atom is 0.270 e. The molecule has 0 spiro atoms. The molecule has 26 heavy (non-hydrogen) atoms. The van der Waals surface area contributed by atoms with Gasteiger partial charge in [0.15, 0.2) is 5.11 Å². The number of methoxy groups -OCH3 is 1. The highest BCUT2D eigenvalue weighted by Gasteiger charge is 2.14. The number of amides is 2. The van der Waals surface area contributed by atoms with Gasteiger partial charge in [-0.2, -0.15) is 0 Å². The molecular formula is C16H14N4O5S. The second-order valence-corrected chi connectivity index (χ2v) is 5.28. The lowest BCUT2D eigenvalue weighted by molar-refractivity contribution is -0.384. The summed E-state index contributed by atoms with van der Waals surface area (Å²) >= 11 is 4.94. The summed E-state index contributed by atoms with van der Waals surface area (Å²) in [5.41, 5.74) is 4.72. The summed E-state index contributed by atoms with van der Waals surface area (Å²) in [4.78, 5) is 34.3. The van der Waals surface area contributed by atoms with E-state index in [-0.39, 0.29) is 21.9 Å². The van der Waals surface area contributed by atoms with Gasteiger partial charge in [0.2, 0.25) is 0 Å². The fraction of sp³-hybridized carbons (Fsp3) is 0.0625. The highest BCUT2D eigenvalue weighted by atomic mass is 32.1. The smallest absolute Gasteiger partial charge is 0.270 e. The largest absolute Gasteiger partial charge is 0.496 e. The Labute approximate surface area is 153 Å². The Bertz CT molecular complexity index is 871. The van der Waals surface area contributed by atoms with Crippen molar-refractivity contribution in [2.45, 2.75) is 0 Å². The summed E-state index contributed by atoms with van der Waals surface area (Å²) in [5, 5.41) is 13.0. The molecule has 2 rings (SSSR count). The van der Waals surface area contributed by atoms with E-state index in [9.17, 15) is 19.7 Å². The fourth-order valence-electron chi connectivity index (χ4n) is 1.98. The molecule has 2 aromatic rings. The summed E-state index contributed by atoms with van der Waals surface area (Å²) in [5.74, 6) is -0.805. The molecule has 0 aliphatic carbocycles. The maximum absolute atomic E-state index is 12.2. The third-order valence-electron chi connectivity index (χ3n) is 3.19. The van der Waals surface area contributed by atoms with Crippen LogP contribution in [-0.4, -0.2) is 29.0 Å². The molecule has 2 amide bonds. The second-order valence-electron chi connectivity index (χ2n) is 4.87. The Morgan fingerprint density at radius 1 is 1.08 bits per heavy atom. The van der Waals surface area contributed by atoms with Crippen molar-refractivity contribution < 1.29 is 19.2 Å². The van der Waals surface area contributed by atoms with Gasteiger partial charge in [-0.25, -0.2) is 0 Å². The number of nitro benzene ring substituents is 1. The molecule has 0 saturated carbocycles. The van der Waals surface area contributed by atoms with Crippen molar-refractivity contribution in [3.63, 3.8) is 0 Å². The summed E-state index contributed by atoms with van der Waals surface area (Å²) in [6.07, 6.45) is 0. The lowest BCUT2D eigenvalue weighted by Crippen LogP contribution is -2.48. The number of hydrogen-bond donors (Lipinski definition) is 3. The molecular weight excluding hydrogens is 360 g/mol. The number of thiocarbonyl (C=S) groups is 1. The van der Waals surface area contributed by atoms with Crippen LogP contribution in [0, 0.1) is 10.1 Å². The number of hydrazine groups is 1. The third-order valence-corrected chi connectivity index (χ3v) is 3.39. The van der Waals surface area contributed by atoms with Gasteiger partial charge in [-0.1, -0.05) is 18.2 Å². The lowest BCUT2D eigenvalue weighted by atomic mass is 10.2. The molecule has 10 heteroatoms. The fourth-order valence-corrected chi connectivity index (χ4v) is 2.12. The van der Waals surface area contributed by atoms with E-state index in [2.05, 4.69) is 16.2 Å². The lowest BCUT2D eigenvalue weighted by Gasteiger charge is -2.12. The van der Waals surface area contributed by atoms with E-state index >= 15 is 0 Å². The monoisotopic (exact) mass is 374 g/mol. The van der Waals surface area contributed by atoms with Crippen LogP contribution in [-0.2, 0) is 0 Å². The minimum absolute atomic E-state index is 0.0607. The molecule has 9 nitrogen and oxygen atoms in total. The predicted octanol–water partition coefficient (Wildman–Crippen LogP) is 1.55. The number of carbonyl (C=O) groups excluding carboxylic acids is 2. The van der Waals surface area contributed by atoms with Gasteiger partial charge in [0.1, 0.15) is 5.75 Å². The zero-order valence-electron chi connectivity index (χ0n) is 13.5. The van der Waals surface area contributed by atoms with Gasteiger partial charge in [-0.05, 0) is 30.4 Å². The van der Waals surface area contributed by atoms with E-state index < -0.39 is 16.7 Å². The summed E-state index contributed by atoms with van der Waals surface area (Å²) in [7, 11) is 1.43. The minimum Gasteiger partial charge on any atom is -0.496 e. The van der Waals surface area contributed by atoms with Crippen LogP contribution < -0.4 is 20.9 Å².